The zero-order valence-corrected chi connectivity index (χ0v) is 17.7. The summed E-state index contributed by atoms with van der Waals surface area (Å²) in [5.74, 6) is 0.977. The molecular weight excluding hydrogens is 407 g/mol. The van der Waals surface area contributed by atoms with E-state index in [1.807, 2.05) is 18.2 Å². The Labute approximate surface area is 180 Å². The zero-order chi connectivity index (χ0) is 22.4. The highest BCUT2D eigenvalue weighted by atomic mass is 19.4. The van der Waals surface area contributed by atoms with Crippen molar-refractivity contribution in [2.24, 2.45) is 5.92 Å². The fraction of sp³-hybridized carbons (Fsp3) is 0.462. The summed E-state index contributed by atoms with van der Waals surface area (Å²) in [5, 5.41) is 0. The maximum Gasteiger partial charge on any atom is 0.458 e. The van der Waals surface area contributed by atoms with E-state index in [9.17, 15) is 22.0 Å². The topological polar surface area (TPSA) is 0 Å². The standard InChI is InChI=1S/C26H27F5/c1-2-3-4-5-6-7-18-8-9-20-15-21(11-10-19(20)14-18)22-16-24(27)23(25(28)17-22)12-13-26(29,30)31/h10-11,15-18H,2-9,14H2,1H3. The number of hydrogen-bond donors (Lipinski definition) is 0. The van der Waals surface area contributed by atoms with Crippen molar-refractivity contribution in [1.29, 1.82) is 0 Å². The third-order valence-electron chi connectivity index (χ3n) is 5.96. The molecule has 0 bridgehead atoms. The molecule has 0 saturated carbocycles. The van der Waals surface area contributed by atoms with Crippen LogP contribution in [0, 0.1) is 29.4 Å². The maximum atomic E-state index is 14.2. The normalized spacial score (nSPS) is 15.9. The van der Waals surface area contributed by atoms with Crippen LogP contribution in [-0.4, -0.2) is 6.18 Å². The lowest BCUT2D eigenvalue weighted by Crippen LogP contribution is -2.14. The van der Waals surface area contributed by atoms with Crippen molar-refractivity contribution in [2.45, 2.75) is 70.9 Å². The van der Waals surface area contributed by atoms with Crippen molar-refractivity contribution < 1.29 is 22.0 Å². The third-order valence-corrected chi connectivity index (χ3v) is 5.96. The first kappa shape index (κ1) is 23.3. The predicted octanol–water partition coefficient (Wildman–Crippen LogP) is 8.01. The van der Waals surface area contributed by atoms with Crippen LogP contribution in [0.25, 0.3) is 11.1 Å². The summed E-state index contributed by atoms with van der Waals surface area (Å²) in [7, 11) is 0. The molecule has 2 aromatic rings. The van der Waals surface area contributed by atoms with E-state index < -0.39 is 23.4 Å². The maximum absolute atomic E-state index is 14.2. The minimum absolute atomic E-state index is 0.299. The number of aryl methyl sites for hydroxylation is 1. The number of alkyl halides is 3. The van der Waals surface area contributed by atoms with Gasteiger partial charge < -0.3 is 0 Å². The lowest BCUT2D eigenvalue weighted by atomic mass is 9.80. The first-order chi connectivity index (χ1) is 14.8. The molecule has 1 aliphatic rings. The number of rotatable bonds is 7. The van der Waals surface area contributed by atoms with E-state index in [2.05, 4.69) is 6.92 Å². The van der Waals surface area contributed by atoms with Gasteiger partial charge in [-0.3, -0.25) is 0 Å². The Hall–Kier alpha value is -2.35. The van der Waals surface area contributed by atoms with Crippen molar-refractivity contribution in [3.63, 3.8) is 0 Å². The minimum atomic E-state index is -4.80. The van der Waals surface area contributed by atoms with Gasteiger partial charge in [-0.1, -0.05) is 69.6 Å². The molecule has 0 amide bonds. The van der Waals surface area contributed by atoms with Gasteiger partial charge in [-0.25, -0.2) is 8.78 Å². The van der Waals surface area contributed by atoms with Gasteiger partial charge in [-0.05, 0) is 59.6 Å². The van der Waals surface area contributed by atoms with Crippen LogP contribution in [0.2, 0.25) is 0 Å². The average molecular weight is 434 g/mol. The summed E-state index contributed by atoms with van der Waals surface area (Å²) >= 11 is 0. The molecule has 0 spiro atoms. The van der Waals surface area contributed by atoms with E-state index in [1.54, 1.807) is 5.92 Å². The number of unbranched alkanes of at least 4 members (excludes halogenated alkanes) is 4. The van der Waals surface area contributed by atoms with Gasteiger partial charge in [-0.15, -0.1) is 0 Å². The highest BCUT2D eigenvalue weighted by Gasteiger charge is 2.24. The van der Waals surface area contributed by atoms with Crippen LogP contribution >= 0.6 is 0 Å². The Morgan fingerprint density at radius 3 is 2.29 bits per heavy atom. The van der Waals surface area contributed by atoms with Crippen LogP contribution in [0.4, 0.5) is 22.0 Å². The molecule has 5 heteroatoms. The van der Waals surface area contributed by atoms with E-state index in [0.29, 0.717) is 17.0 Å². The summed E-state index contributed by atoms with van der Waals surface area (Å²) in [6.45, 7) is 2.21. The van der Waals surface area contributed by atoms with Crippen LogP contribution in [0.1, 0.15) is 68.6 Å². The van der Waals surface area contributed by atoms with Crippen molar-refractivity contribution in [2.75, 3.05) is 0 Å². The number of hydrogen-bond acceptors (Lipinski definition) is 0. The van der Waals surface area contributed by atoms with Gasteiger partial charge in [0.05, 0.1) is 5.56 Å². The molecule has 0 N–H and O–H groups in total. The lowest BCUT2D eigenvalue weighted by molar-refractivity contribution is -0.0696. The molecule has 1 aliphatic carbocycles. The second-order valence-corrected chi connectivity index (χ2v) is 8.36. The monoisotopic (exact) mass is 434 g/mol. The Balaban J connectivity index is 1.71. The summed E-state index contributed by atoms with van der Waals surface area (Å²) in [6, 6.07) is 7.89. The molecule has 0 fully saturated rings. The zero-order valence-electron chi connectivity index (χ0n) is 17.7. The van der Waals surface area contributed by atoms with Gasteiger partial charge in [0.1, 0.15) is 11.6 Å². The van der Waals surface area contributed by atoms with E-state index in [4.69, 9.17) is 0 Å². The van der Waals surface area contributed by atoms with Gasteiger partial charge in [0, 0.05) is 5.92 Å². The van der Waals surface area contributed by atoms with E-state index in [1.165, 1.54) is 49.7 Å². The summed E-state index contributed by atoms with van der Waals surface area (Å²) in [4.78, 5) is 0. The molecule has 1 atom stereocenters. The van der Waals surface area contributed by atoms with Crippen molar-refractivity contribution in [1.82, 2.24) is 0 Å². The van der Waals surface area contributed by atoms with Gasteiger partial charge in [0.25, 0.3) is 0 Å². The van der Waals surface area contributed by atoms with Crippen LogP contribution < -0.4 is 0 Å². The fourth-order valence-corrected chi connectivity index (χ4v) is 4.29. The van der Waals surface area contributed by atoms with Gasteiger partial charge in [0.2, 0.25) is 0 Å². The Bertz CT molecular complexity index is 939. The first-order valence-corrected chi connectivity index (χ1v) is 11.0. The molecule has 2 aromatic carbocycles. The van der Waals surface area contributed by atoms with Crippen molar-refractivity contribution in [3.8, 4) is 23.0 Å². The van der Waals surface area contributed by atoms with Crippen LogP contribution in [0.15, 0.2) is 30.3 Å². The molecule has 3 rings (SSSR count). The van der Waals surface area contributed by atoms with Crippen molar-refractivity contribution in [3.05, 3.63) is 58.7 Å². The minimum Gasteiger partial charge on any atom is -0.205 e. The smallest absolute Gasteiger partial charge is 0.205 e. The Morgan fingerprint density at radius 1 is 0.903 bits per heavy atom. The SMILES string of the molecule is CCCCCCCC1CCc2cc(-c3cc(F)c(C#CC(F)(F)F)c(F)c3)ccc2C1. The number of fused-ring (bicyclic) bond motifs is 1. The van der Waals surface area contributed by atoms with E-state index in [-0.39, 0.29) is 0 Å². The van der Waals surface area contributed by atoms with Gasteiger partial charge in [-0.2, -0.15) is 13.2 Å². The molecular formula is C26H27F5. The molecule has 0 aromatic heterocycles. The van der Waals surface area contributed by atoms with Crippen LogP contribution in [-0.2, 0) is 12.8 Å². The fourth-order valence-electron chi connectivity index (χ4n) is 4.29. The Kier molecular flexibility index (Phi) is 7.75. The Morgan fingerprint density at radius 2 is 1.61 bits per heavy atom. The first-order valence-electron chi connectivity index (χ1n) is 11.0. The quantitative estimate of drug-likeness (QED) is 0.235. The third kappa shape index (κ3) is 6.56. The van der Waals surface area contributed by atoms with Gasteiger partial charge in [0.15, 0.2) is 0 Å². The highest BCUT2D eigenvalue weighted by molar-refractivity contribution is 5.66. The highest BCUT2D eigenvalue weighted by Crippen LogP contribution is 2.33. The molecule has 0 radical (unpaired) electrons. The largest absolute Gasteiger partial charge is 0.458 e. The number of halogens is 5. The summed E-state index contributed by atoms with van der Waals surface area (Å²) in [5.41, 5.74) is 2.56. The molecule has 1 unspecified atom stereocenters. The predicted molar refractivity (Wildman–Crippen MR) is 114 cm³/mol. The average Bonchev–Trinajstić information content (AvgIpc) is 2.71. The van der Waals surface area contributed by atoms with E-state index in [0.717, 1.165) is 37.3 Å². The molecule has 0 aliphatic heterocycles. The lowest BCUT2D eigenvalue weighted by Gasteiger charge is -2.25. The second-order valence-electron chi connectivity index (χ2n) is 8.36. The number of benzene rings is 2. The van der Waals surface area contributed by atoms with Crippen molar-refractivity contribution >= 4 is 0 Å². The molecule has 0 heterocycles. The molecule has 0 nitrogen and oxygen atoms in total. The molecule has 0 saturated heterocycles. The van der Waals surface area contributed by atoms with E-state index >= 15 is 0 Å². The summed E-state index contributed by atoms with van der Waals surface area (Å²) in [6.07, 6.45) is 5.91. The molecule has 31 heavy (non-hydrogen) atoms. The molecule has 166 valence electrons. The summed E-state index contributed by atoms with van der Waals surface area (Å²) < 4.78 is 65.2. The second kappa shape index (κ2) is 10.3. The van der Waals surface area contributed by atoms with Crippen LogP contribution in [0.3, 0.4) is 0 Å². The van der Waals surface area contributed by atoms with Gasteiger partial charge >= 0.3 is 6.18 Å². The van der Waals surface area contributed by atoms with Crippen LogP contribution in [0.5, 0.6) is 0 Å².